The summed E-state index contributed by atoms with van der Waals surface area (Å²) in [7, 11) is 1.80. The van der Waals surface area contributed by atoms with Gasteiger partial charge in [-0.2, -0.15) is 0 Å². The van der Waals surface area contributed by atoms with E-state index in [1.807, 2.05) is 18.2 Å². The van der Waals surface area contributed by atoms with Crippen molar-refractivity contribution in [1.82, 2.24) is 0 Å². The Morgan fingerprint density at radius 1 is 1.20 bits per heavy atom. The maximum absolute atomic E-state index is 6.50. The molecule has 2 N–H and O–H groups in total. The molecule has 1 saturated carbocycles. The van der Waals surface area contributed by atoms with Crippen LogP contribution in [-0.4, -0.2) is 18.8 Å². The third-order valence-corrected chi connectivity index (χ3v) is 5.30. The van der Waals surface area contributed by atoms with Crippen molar-refractivity contribution in [3.05, 3.63) is 34.9 Å². The lowest BCUT2D eigenvalue weighted by molar-refractivity contribution is -0.0781. The van der Waals surface area contributed by atoms with Crippen LogP contribution in [0.15, 0.2) is 24.3 Å². The predicted molar refractivity (Wildman–Crippen MR) is 85.1 cm³/mol. The first-order chi connectivity index (χ1) is 9.38. The van der Waals surface area contributed by atoms with Gasteiger partial charge in [0.05, 0.1) is 5.60 Å². The highest BCUT2D eigenvalue weighted by Crippen LogP contribution is 2.43. The Morgan fingerprint density at radius 2 is 1.80 bits per heavy atom. The van der Waals surface area contributed by atoms with E-state index in [2.05, 4.69) is 19.9 Å². The summed E-state index contributed by atoms with van der Waals surface area (Å²) < 4.78 is 5.88. The van der Waals surface area contributed by atoms with Gasteiger partial charge in [0.1, 0.15) is 0 Å². The van der Waals surface area contributed by atoms with Gasteiger partial charge in [-0.25, -0.2) is 0 Å². The average molecular weight is 296 g/mol. The molecule has 0 spiro atoms. The van der Waals surface area contributed by atoms with Gasteiger partial charge in [0.2, 0.25) is 0 Å². The summed E-state index contributed by atoms with van der Waals surface area (Å²) in [6, 6.07) is 7.93. The second-order valence-corrected chi connectivity index (χ2v) is 7.24. The normalized spacial score (nSPS) is 22.4. The number of rotatable bonds is 4. The number of halogens is 1. The first-order valence-corrected chi connectivity index (χ1v) is 7.80. The molecule has 112 valence electrons. The van der Waals surface area contributed by atoms with Gasteiger partial charge in [-0.05, 0) is 49.1 Å². The van der Waals surface area contributed by atoms with Crippen molar-refractivity contribution in [3.8, 4) is 0 Å². The van der Waals surface area contributed by atoms with Crippen molar-refractivity contribution < 1.29 is 4.74 Å². The summed E-state index contributed by atoms with van der Waals surface area (Å²) in [6.07, 6.45) is 5.16. The topological polar surface area (TPSA) is 35.2 Å². The first-order valence-electron chi connectivity index (χ1n) is 7.43. The number of ether oxygens (including phenoxy) is 1. The van der Waals surface area contributed by atoms with E-state index in [4.69, 9.17) is 22.1 Å². The van der Waals surface area contributed by atoms with Gasteiger partial charge in [0.15, 0.2) is 0 Å². The molecule has 2 nitrogen and oxygen atoms in total. The summed E-state index contributed by atoms with van der Waals surface area (Å²) >= 11 is 6.24. The highest BCUT2D eigenvalue weighted by molar-refractivity contribution is 6.31. The molecule has 0 heterocycles. The van der Waals surface area contributed by atoms with Crippen molar-refractivity contribution in [2.24, 2.45) is 11.1 Å². The van der Waals surface area contributed by atoms with Crippen LogP contribution in [0.2, 0.25) is 5.02 Å². The fourth-order valence-electron chi connectivity index (χ4n) is 3.16. The molecule has 3 heteroatoms. The largest absolute Gasteiger partial charge is 0.377 e. The molecule has 1 fully saturated rings. The molecule has 0 aromatic heterocycles. The van der Waals surface area contributed by atoms with Crippen LogP contribution in [0.5, 0.6) is 0 Å². The quantitative estimate of drug-likeness (QED) is 0.904. The zero-order chi connectivity index (χ0) is 14.8. The standard InChI is InChI=1S/C17H26ClNO/c1-16(2)8-10-17(20-3,11-9-16)15(19)12-13-6-4-5-7-14(13)18/h4-7,15H,8-12,19H2,1-3H3. The van der Waals surface area contributed by atoms with E-state index in [0.717, 1.165) is 42.7 Å². The van der Waals surface area contributed by atoms with Gasteiger partial charge in [-0.15, -0.1) is 0 Å². The fourth-order valence-corrected chi connectivity index (χ4v) is 3.38. The summed E-state index contributed by atoms with van der Waals surface area (Å²) in [5.41, 5.74) is 7.82. The average Bonchev–Trinajstić information content (AvgIpc) is 2.42. The second kappa shape index (κ2) is 6.05. The van der Waals surface area contributed by atoms with Gasteiger partial charge in [-0.3, -0.25) is 0 Å². The maximum Gasteiger partial charge on any atom is 0.0832 e. The van der Waals surface area contributed by atoms with E-state index < -0.39 is 0 Å². The van der Waals surface area contributed by atoms with Crippen LogP contribution in [0.3, 0.4) is 0 Å². The minimum absolute atomic E-state index is 0.0106. The van der Waals surface area contributed by atoms with Crippen LogP contribution in [0.4, 0.5) is 0 Å². The molecule has 1 aliphatic rings. The van der Waals surface area contributed by atoms with E-state index in [9.17, 15) is 0 Å². The minimum atomic E-state index is -0.200. The van der Waals surface area contributed by atoms with E-state index in [1.54, 1.807) is 7.11 Å². The first kappa shape index (κ1) is 15.8. The number of nitrogens with two attached hydrogens (primary N) is 1. The monoisotopic (exact) mass is 295 g/mol. The molecule has 0 saturated heterocycles. The molecule has 1 aromatic carbocycles. The molecule has 20 heavy (non-hydrogen) atoms. The Hall–Kier alpha value is -0.570. The SMILES string of the molecule is COC1(C(N)Cc2ccccc2Cl)CCC(C)(C)CC1. The molecule has 1 aliphatic carbocycles. The zero-order valence-corrected chi connectivity index (χ0v) is 13.5. The van der Waals surface area contributed by atoms with Crippen LogP contribution < -0.4 is 5.73 Å². The third kappa shape index (κ3) is 3.36. The lowest BCUT2D eigenvalue weighted by atomic mass is 9.68. The molecule has 0 aliphatic heterocycles. The Balaban J connectivity index is 2.10. The van der Waals surface area contributed by atoms with E-state index >= 15 is 0 Å². The van der Waals surface area contributed by atoms with Crippen molar-refractivity contribution in [3.63, 3.8) is 0 Å². The fraction of sp³-hybridized carbons (Fsp3) is 0.647. The van der Waals surface area contributed by atoms with Crippen LogP contribution in [0, 0.1) is 5.41 Å². The number of hydrogen-bond acceptors (Lipinski definition) is 2. The van der Waals surface area contributed by atoms with Crippen molar-refractivity contribution in [2.45, 2.75) is 57.6 Å². The highest BCUT2D eigenvalue weighted by Gasteiger charge is 2.42. The second-order valence-electron chi connectivity index (χ2n) is 6.84. The van der Waals surface area contributed by atoms with Crippen molar-refractivity contribution in [2.75, 3.05) is 7.11 Å². The molecule has 1 atom stereocenters. The molecular weight excluding hydrogens is 270 g/mol. The zero-order valence-electron chi connectivity index (χ0n) is 12.8. The van der Waals surface area contributed by atoms with Crippen LogP contribution in [-0.2, 0) is 11.2 Å². The molecule has 2 rings (SSSR count). The Morgan fingerprint density at radius 3 is 2.35 bits per heavy atom. The maximum atomic E-state index is 6.50. The highest BCUT2D eigenvalue weighted by atomic mass is 35.5. The van der Waals surface area contributed by atoms with E-state index in [-0.39, 0.29) is 11.6 Å². The van der Waals surface area contributed by atoms with Crippen molar-refractivity contribution in [1.29, 1.82) is 0 Å². The Kier molecular flexibility index (Phi) is 4.78. The van der Waals surface area contributed by atoms with E-state index in [0.29, 0.717) is 5.41 Å². The number of benzene rings is 1. The van der Waals surface area contributed by atoms with Gasteiger partial charge in [-0.1, -0.05) is 43.6 Å². The molecule has 1 unspecified atom stereocenters. The lowest BCUT2D eigenvalue weighted by Gasteiger charge is -2.46. The minimum Gasteiger partial charge on any atom is -0.377 e. The molecule has 0 amide bonds. The van der Waals surface area contributed by atoms with Gasteiger partial charge in [0, 0.05) is 18.2 Å². The van der Waals surface area contributed by atoms with Crippen LogP contribution >= 0.6 is 11.6 Å². The van der Waals surface area contributed by atoms with Crippen LogP contribution in [0.1, 0.15) is 45.1 Å². The lowest BCUT2D eigenvalue weighted by Crippen LogP contribution is -2.53. The Bertz CT molecular complexity index is 448. The molecule has 1 aromatic rings. The van der Waals surface area contributed by atoms with Crippen molar-refractivity contribution >= 4 is 11.6 Å². The molecule has 0 radical (unpaired) electrons. The third-order valence-electron chi connectivity index (χ3n) is 4.93. The Labute approximate surface area is 127 Å². The molecular formula is C17H26ClNO. The summed E-state index contributed by atoms with van der Waals surface area (Å²) in [5, 5.41) is 0.797. The van der Waals surface area contributed by atoms with Gasteiger partial charge >= 0.3 is 0 Å². The van der Waals surface area contributed by atoms with E-state index in [1.165, 1.54) is 0 Å². The number of hydrogen-bond donors (Lipinski definition) is 1. The number of methoxy groups -OCH3 is 1. The van der Waals surface area contributed by atoms with Gasteiger partial charge in [0.25, 0.3) is 0 Å². The summed E-state index contributed by atoms with van der Waals surface area (Å²) in [6.45, 7) is 4.65. The smallest absolute Gasteiger partial charge is 0.0832 e. The molecule has 0 bridgehead atoms. The summed E-state index contributed by atoms with van der Waals surface area (Å²) in [4.78, 5) is 0. The predicted octanol–water partition coefficient (Wildman–Crippen LogP) is 4.20. The van der Waals surface area contributed by atoms with Crippen LogP contribution in [0.25, 0.3) is 0 Å². The van der Waals surface area contributed by atoms with Gasteiger partial charge < -0.3 is 10.5 Å². The summed E-state index contributed by atoms with van der Waals surface area (Å²) in [5.74, 6) is 0.